The maximum Gasteiger partial charge on any atom is 0.573 e. The Kier molecular flexibility index (Phi) is 6.81. The highest BCUT2D eigenvalue weighted by molar-refractivity contribution is 5.33. The molecule has 0 bridgehead atoms. The Balaban J connectivity index is 1.83. The number of aliphatic hydroxyl groups is 1. The molecule has 1 saturated heterocycles. The van der Waals surface area contributed by atoms with Gasteiger partial charge in [0.05, 0.1) is 5.60 Å². The molecule has 1 aliphatic heterocycles. The van der Waals surface area contributed by atoms with E-state index in [1.54, 1.807) is 12.1 Å². The van der Waals surface area contributed by atoms with Crippen molar-refractivity contribution in [3.63, 3.8) is 0 Å². The van der Waals surface area contributed by atoms with Gasteiger partial charge in [0.25, 0.3) is 0 Å². The van der Waals surface area contributed by atoms with Gasteiger partial charge in [-0.1, -0.05) is 38.8 Å². The lowest BCUT2D eigenvalue weighted by Gasteiger charge is -2.52. The number of rotatable bonds is 5. The first kappa shape index (κ1) is 22.4. The molecule has 0 aromatic heterocycles. The highest BCUT2D eigenvalue weighted by Crippen LogP contribution is 2.43. The number of piperazine rings is 1. The van der Waals surface area contributed by atoms with Crippen LogP contribution in [0.5, 0.6) is 5.75 Å². The molecule has 4 nitrogen and oxygen atoms in total. The topological polar surface area (TPSA) is 35.9 Å². The number of benzene rings is 1. The van der Waals surface area contributed by atoms with Gasteiger partial charge in [-0.2, -0.15) is 0 Å². The zero-order valence-corrected chi connectivity index (χ0v) is 17.6. The molecule has 2 aliphatic rings. The fourth-order valence-corrected chi connectivity index (χ4v) is 5.13. The minimum Gasteiger partial charge on any atom is -0.406 e. The number of alkyl halides is 3. The summed E-state index contributed by atoms with van der Waals surface area (Å²) in [4.78, 5) is 4.79. The van der Waals surface area contributed by atoms with Crippen LogP contribution < -0.4 is 4.74 Å². The van der Waals surface area contributed by atoms with E-state index in [0.29, 0.717) is 18.0 Å². The van der Waals surface area contributed by atoms with Crippen molar-refractivity contribution in [1.82, 2.24) is 9.80 Å². The minimum absolute atomic E-state index is 0.0150. The maximum atomic E-state index is 12.6. The van der Waals surface area contributed by atoms with Crippen molar-refractivity contribution < 1.29 is 23.0 Å². The van der Waals surface area contributed by atoms with E-state index in [0.717, 1.165) is 45.3 Å². The average molecular weight is 415 g/mol. The second-order valence-corrected chi connectivity index (χ2v) is 8.63. The lowest BCUT2D eigenvalue weighted by atomic mass is 9.69. The third kappa shape index (κ3) is 5.06. The molecule has 2 fully saturated rings. The van der Waals surface area contributed by atoms with Crippen molar-refractivity contribution in [2.45, 2.75) is 75.9 Å². The minimum atomic E-state index is -4.72. The molecule has 2 unspecified atom stereocenters. The zero-order chi connectivity index (χ0) is 21.2. The first-order chi connectivity index (χ1) is 13.6. The molecule has 1 aromatic carbocycles. The van der Waals surface area contributed by atoms with Crippen LogP contribution in [0.2, 0.25) is 0 Å². The van der Waals surface area contributed by atoms with Gasteiger partial charge in [0.1, 0.15) is 5.75 Å². The monoisotopic (exact) mass is 414 g/mol. The predicted molar refractivity (Wildman–Crippen MR) is 107 cm³/mol. The third-order valence-electron chi connectivity index (χ3n) is 6.94. The van der Waals surface area contributed by atoms with E-state index in [2.05, 4.69) is 28.5 Å². The molecule has 164 valence electrons. The summed E-state index contributed by atoms with van der Waals surface area (Å²) in [7, 11) is 2.15. The Bertz CT molecular complexity index is 684. The van der Waals surface area contributed by atoms with Crippen molar-refractivity contribution in [1.29, 1.82) is 0 Å². The van der Waals surface area contributed by atoms with E-state index in [9.17, 15) is 18.3 Å². The van der Waals surface area contributed by atoms with Crippen molar-refractivity contribution >= 4 is 0 Å². The van der Waals surface area contributed by atoms with Gasteiger partial charge in [0.15, 0.2) is 0 Å². The first-order valence-electron chi connectivity index (χ1n) is 10.7. The van der Waals surface area contributed by atoms with E-state index in [1.165, 1.54) is 12.1 Å². The van der Waals surface area contributed by atoms with Crippen LogP contribution in [0.4, 0.5) is 13.2 Å². The van der Waals surface area contributed by atoms with Crippen LogP contribution in [0, 0.1) is 0 Å². The second kappa shape index (κ2) is 8.82. The van der Waals surface area contributed by atoms with E-state index >= 15 is 0 Å². The van der Waals surface area contributed by atoms with E-state index < -0.39 is 12.0 Å². The number of hydrogen-bond donors (Lipinski definition) is 1. The summed E-state index contributed by atoms with van der Waals surface area (Å²) in [6.45, 7) is 6.91. The molecular weight excluding hydrogens is 381 g/mol. The van der Waals surface area contributed by atoms with Gasteiger partial charge < -0.3 is 14.7 Å². The molecule has 0 spiro atoms. The van der Waals surface area contributed by atoms with E-state index in [4.69, 9.17) is 0 Å². The molecular formula is C22H33F3N2O2. The Labute approximate surface area is 171 Å². The molecule has 0 amide bonds. The molecule has 1 N–H and O–H groups in total. The van der Waals surface area contributed by atoms with Crippen molar-refractivity contribution in [3.05, 3.63) is 29.8 Å². The molecule has 1 heterocycles. The van der Waals surface area contributed by atoms with Gasteiger partial charge in [-0.25, -0.2) is 0 Å². The summed E-state index contributed by atoms with van der Waals surface area (Å²) in [6.07, 6.45) is -0.0845. The lowest BCUT2D eigenvalue weighted by Crippen LogP contribution is -2.62. The van der Waals surface area contributed by atoms with Crippen LogP contribution in [0.3, 0.4) is 0 Å². The first-order valence-corrected chi connectivity index (χ1v) is 10.7. The molecule has 7 heteroatoms. The van der Waals surface area contributed by atoms with Gasteiger partial charge in [-0.05, 0) is 44.0 Å². The number of hydrogen-bond acceptors (Lipinski definition) is 4. The highest BCUT2D eigenvalue weighted by atomic mass is 19.4. The van der Waals surface area contributed by atoms with Crippen LogP contribution in [-0.4, -0.2) is 65.6 Å². The van der Waals surface area contributed by atoms with E-state index in [1.807, 2.05) is 6.92 Å². The number of halogens is 3. The molecule has 0 radical (unpaired) electrons. The Morgan fingerprint density at radius 2 is 2.03 bits per heavy atom. The van der Waals surface area contributed by atoms with Gasteiger partial charge in [-0.3, -0.25) is 4.90 Å². The molecule has 29 heavy (non-hydrogen) atoms. The lowest BCUT2D eigenvalue weighted by molar-refractivity contribution is -0.274. The van der Waals surface area contributed by atoms with Gasteiger partial charge in [0.2, 0.25) is 0 Å². The summed E-state index contributed by atoms with van der Waals surface area (Å²) in [6, 6.07) is 6.56. The largest absolute Gasteiger partial charge is 0.573 e. The van der Waals surface area contributed by atoms with Crippen LogP contribution in [0.15, 0.2) is 24.3 Å². The SMILES string of the molecule is CC[C@@H]1CN(C2CCCC[C@]2(O)C(C)c2cccc(OC(F)(F)F)c2)CCN1C. The standard InChI is InChI=1S/C22H33F3N2O2/c1-4-18-15-27(13-12-26(18)3)20-10-5-6-11-21(20,28)16(2)17-8-7-9-19(14-17)29-22(23,24)25/h7-9,14,16,18,20,28H,4-6,10-13,15H2,1-3H3/t16?,18-,20?,21+/m1/s1. The van der Waals surface area contributed by atoms with Crippen LogP contribution in [-0.2, 0) is 0 Å². The van der Waals surface area contributed by atoms with Crippen molar-refractivity contribution in [2.75, 3.05) is 26.7 Å². The summed E-state index contributed by atoms with van der Waals surface area (Å²) in [5.74, 6) is -0.521. The highest BCUT2D eigenvalue weighted by Gasteiger charge is 2.47. The normalized spacial score (nSPS) is 30.9. The fraction of sp³-hybridized carbons (Fsp3) is 0.727. The Morgan fingerprint density at radius 3 is 2.72 bits per heavy atom. The molecule has 4 atom stereocenters. The van der Waals surface area contributed by atoms with Crippen LogP contribution in [0.1, 0.15) is 57.4 Å². The summed E-state index contributed by atoms with van der Waals surface area (Å²) >= 11 is 0. The van der Waals surface area contributed by atoms with E-state index in [-0.39, 0.29) is 17.7 Å². The molecule has 1 aliphatic carbocycles. The fourth-order valence-electron chi connectivity index (χ4n) is 5.13. The third-order valence-corrected chi connectivity index (χ3v) is 6.94. The average Bonchev–Trinajstić information content (AvgIpc) is 2.67. The smallest absolute Gasteiger partial charge is 0.406 e. The van der Waals surface area contributed by atoms with Gasteiger partial charge in [0, 0.05) is 37.6 Å². The van der Waals surface area contributed by atoms with Crippen molar-refractivity contribution in [2.24, 2.45) is 0 Å². The summed E-state index contributed by atoms with van der Waals surface area (Å²) in [5, 5.41) is 11.8. The van der Waals surface area contributed by atoms with Gasteiger partial charge in [-0.15, -0.1) is 13.2 Å². The predicted octanol–water partition coefficient (Wildman–Crippen LogP) is 4.39. The van der Waals surface area contributed by atoms with Crippen LogP contribution >= 0.6 is 0 Å². The van der Waals surface area contributed by atoms with Crippen LogP contribution in [0.25, 0.3) is 0 Å². The zero-order valence-electron chi connectivity index (χ0n) is 17.6. The van der Waals surface area contributed by atoms with Gasteiger partial charge >= 0.3 is 6.36 Å². The number of nitrogens with zero attached hydrogens (tertiary/aromatic N) is 2. The van der Waals surface area contributed by atoms with Crippen molar-refractivity contribution in [3.8, 4) is 5.75 Å². The summed E-state index contributed by atoms with van der Waals surface area (Å²) < 4.78 is 42.0. The summed E-state index contributed by atoms with van der Waals surface area (Å²) in [5.41, 5.74) is -0.286. The Hall–Kier alpha value is -1.31. The molecule has 1 saturated carbocycles. The number of ether oxygens (including phenoxy) is 1. The Morgan fingerprint density at radius 1 is 1.28 bits per heavy atom. The number of likely N-dealkylation sites (N-methyl/N-ethyl adjacent to an activating group) is 1. The molecule has 1 aromatic rings. The molecule has 3 rings (SSSR count). The maximum absolute atomic E-state index is 12.6. The second-order valence-electron chi connectivity index (χ2n) is 8.63. The quantitative estimate of drug-likeness (QED) is 0.775.